The fourth-order valence-electron chi connectivity index (χ4n) is 1.81. The molecule has 0 atom stereocenters. The summed E-state index contributed by atoms with van der Waals surface area (Å²) in [6.45, 7) is 9.87. The molecule has 0 aliphatic rings. The van der Waals surface area contributed by atoms with Crippen LogP contribution < -0.4 is 10.6 Å². The van der Waals surface area contributed by atoms with E-state index in [1.807, 2.05) is 24.3 Å². The van der Waals surface area contributed by atoms with Gasteiger partial charge in [-0.2, -0.15) is 0 Å². The molecule has 0 saturated carbocycles. The SMILES string of the molecule is CC(C)C(=O)NCC(=O)Nc1ccccc1C(C)(C)C. The molecule has 0 fully saturated rings. The summed E-state index contributed by atoms with van der Waals surface area (Å²) in [4.78, 5) is 23.3. The van der Waals surface area contributed by atoms with E-state index < -0.39 is 0 Å². The Balaban J connectivity index is 2.70. The van der Waals surface area contributed by atoms with E-state index in [1.54, 1.807) is 13.8 Å². The molecule has 4 heteroatoms. The first-order chi connectivity index (χ1) is 9.21. The molecule has 0 aliphatic heterocycles. The predicted octanol–water partition coefficient (Wildman–Crippen LogP) is 2.69. The fourth-order valence-corrected chi connectivity index (χ4v) is 1.81. The maximum atomic E-state index is 11.9. The number of nitrogens with one attached hydrogen (secondary N) is 2. The highest BCUT2D eigenvalue weighted by Gasteiger charge is 2.18. The molecule has 20 heavy (non-hydrogen) atoms. The lowest BCUT2D eigenvalue weighted by atomic mass is 9.86. The quantitative estimate of drug-likeness (QED) is 0.888. The van der Waals surface area contributed by atoms with Gasteiger partial charge in [-0.25, -0.2) is 0 Å². The van der Waals surface area contributed by atoms with Crippen LogP contribution in [0.25, 0.3) is 0 Å². The number of amides is 2. The molecule has 4 nitrogen and oxygen atoms in total. The van der Waals surface area contributed by atoms with Crippen LogP contribution in [0.3, 0.4) is 0 Å². The van der Waals surface area contributed by atoms with Crippen molar-refractivity contribution in [2.24, 2.45) is 5.92 Å². The number of anilines is 1. The first-order valence-electron chi connectivity index (χ1n) is 6.89. The van der Waals surface area contributed by atoms with Crippen molar-refractivity contribution in [3.05, 3.63) is 29.8 Å². The zero-order chi connectivity index (χ0) is 15.3. The molecule has 1 rings (SSSR count). The van der Waals surface area contributed by atoms with Crippen molar-refractivity contribution in [2.75, 3.05) is 11.9 Å². The minimum Gasteiger partial charge on any atom is -0.347 e. The van der Waals surface area contributed by atoms with Gasteiger partial charge in [0.25, 0.3) is 0 Å². The first kappa shape index (κ1) is 16.2. The van der Waals surface area contributed by atoms with Gasteiger partial charge in [-0.05, 0) is 17.0 Å². The molecule has 0 heterocycles. The van der Waals surface area contributed by atoms with Gasteiger partial charge in [-0.1, -0.05) is 52.8 Å². The number of benzene rings is 1. The molecule has 1 aromatic carbocycles. The Morgan fingerprint density at radius 2 is 1.75 bits per heavy atom. The van der Waals surface area contributed by atoms with Crippen molar-refractivity contribution in [3.63, 3.8) is 0 Å². The van der Waals surface area contributed by atoms with Crippen molar-refractivity contribution >= 4 is 17.5 Å². The van der Waals surface area contributed by atoms with Crippen molar-refractivity contribution in [1.82, 2.24) is 5.32 Å². The van der Waals surface area contributed by atoms with Crippen LogP contribution >= 0.6 is 0 Å². The zero-order valence-corrected chi connectivity index (χ0v) is 12.9. The standard InChI is InChI=1S/C16H24N2O2/c1-11(2)15(20)17-10-14(19)18-13-9-7-6-8-12(13)16(3,4)5/h6-9,11H,10H2,1-5H3,(H,17,20)(H,18,19). The highest BCUT2D eigenvalue weighted by atomic mass is 16.2. The molecule has 0 saturated heterocycles. The number of para-hydroxylation sites is 1. The molecule has 0 aliphatic carbocycles. The number of carbonyl (C=O) groups is 2. The minimum atomic E-state index is -0.212. The smallest absolute Gasteiger partial charge is 0.243 e. The summed E-state index contributed by atoms with van der Waals surface area (Å²) in [6, 6.07) is 7.72. The Bertz CT molecular complexity index is 487. The third-order valence-electron chi connectivity index (χ3n) is 2.96. The minimum absolute atomic E-state index is 0.00447. The average molecular weight is 276 g/mol. The van der Waals surface area contributed by atoms with Crippen LogP contribution in [0.4, 0.5) is 5.69 Å². The molecule has 2 amide bonds. The Hall–Kier alpha value is -1.84. The van der Waals surface area contributed by atoms with Crippen LogP contribution in [-0.2, 0) is 15.0 Å². The number of hydrogen-bond donors (Lipinski definition) is 2. The van der Waals surface area contributed by atoms with Crippen LogP contribution in [0, 0.1) is 5.92 Å². The molecular formula is C16H24N2O2. The Kier molecular flexibility index (Phi) is 5.31. The summed E-state index contributed by atoms with van der Waals surface area (Å²) in [6.07, 6.45) is 0. The number of rotatable bonds is 4. The summed E-state index contributed by atoms with van der Waals surface area (Å²) in [7, 11) is 0. The van der Waals surface area contributed by atoms with Gasteiger partial charge in [-0.15, -0.1) is 0 Å². The van der Waals surface area contributed by atoms with Crippen LogP contribution in [0.1, 0.15) is 40.2 Å². The summed E-state index contributed by atoms with van der Waals surface area (Å²) >= 11 is 0. The highest BCUT2D eigenvalue weighted by molar-refractivity contribution is 5.95. The summed E-state index contributed by atoms with van der Waals surface area (Å²) in [5.74, 6) is -0.454. The van der Waals surface area contributed by atoms with E-state index in [9.17, 15) is 9.59 Å². The molecule has 2 N–H and O–H groups in total. The van der Waals surface area contributed by atoms with Gasteiger partial charge in [-0.3, -0.25) is 9.59 Å². The van der Waals surface area contributed by atoms with Crippen molar-refractivity contribution in [1.29, 1.82) is 0 Å². The Labute approximate surface area is 121 Å². The second kappa shape index (κ2) is 6.55. The van der Waals surface area contributed by atoms with Crippen molar-refractivity contribution in [3.8, 4) is 0 Å². The summed E-state index contributed by atoms with van der Waals surface area (Å²) < 4.78 is 0. The monoisotopic (exact) mass is 276 g/mol. The van der Waals surface area contributed by atoms with Gasteiger partial charge in [0.05, 0.1) is 6.54 Å². The van der Waals surface area contributed by atoms with E-state index in [0.29, 0.717) is 0 Å². The molecule has 1 aromatic rings. The van der Waals surface area contributed by atoms with E-state index in [4.69, 9.17) is 0 Å². The number of hydrogen-bond acceptors (Lipinski definition) is 2. The van der Waals surface area contributed by atoms with Crippen LogP contribution in [0.5, 0.6) is 0 Å². The fraction of sp³-hybridized carbons (Fsp3) is 0.500. The van der Waals surface area contributed by atoms with E-state index >= 15 is 0 Å². The van der Waals surface area contributed by atoms with Gasteiger partial charge in [0.2, 0.25) is 11.8 Å². The normalized spacial score (nSPS) is 11.3. The van der Waals surface area contributed by atoms with Gasteiger partial charge in [0.1, 0.15) is 0 Å². The van der Waals surface area contributed by atoms with Crippen LogP contribution in [-0.4, -0.2) is 18.4 Å². The Morgan fingerprint density at radius 3 is 2.30 bits per heavy atom. The van der Waals surface area contributed by atoms with E-state index in [0.717, 1.165) is 11.3 Å². The largest absolute Gasteiger partial charge is 0.347 e. The highest BCUT2D eigenvalue weighted by Crippen LogP contribution is 2.29. The molecule has 0 aromatic heterocycles. The third kappa shape index (κ3) is 4.68. The second-order valence-electron chi connectivity index (χ2n) is 6.22. The molecule has 0 spiro atoms. The van der Waals surface area contributed by atoms with Gasteiger partial charge in [0, 0.05) is 11.6 Å². The second-order valence-corrected chi connectivity index (χ2v) is 6.22. The topological polar surface area (TPSA) is 58.2 Å². The summed E-state index contributed by atoms with van der Waals surface area (Å²) in [5.41, 5.74) is 1.82. The molecule has 0 unspecified atom stereocenters. The van der Waals surface area contributed by atoms with Gasteiger partial charge in [0.15, 0.2) is 0 Å². The molecule has 0 bridgehead atoms. The van der Waals surface area contributed by atoms with Crippen molar-refractivity contribution in [2.45, 2.75) is 40.0 Å². The lowest BCUT2D eigenvalue weighted by Crippen LogP contribution is -2.35. The maximum absolute atomic E-state index is 11.9. The zero-order valence-electron chi connectivity index (χ0n) is 12.9. The van der Waals surface area contributed by atoms with Crippen LogP contribution in [0.15, 0.2) is 24.3 Å². The first-order valence-corrected chi connectivity index (χ1v) is 6.89. The van der Waals surface area contributed by atoms with E-state index in [1.165, 1.54) is 0 Å². The average Bonchev–Trinajstić information content (AvgIpc) is 2.35. The lowest BCUT2D eigenvalue weighted by Gasteiger charge is -2.23. The Morgan fingerprint density at radius 1 is 1.15 bits per heavy atom. The summed E-state index contributed by atoms with van der Waals surface area (Å²) in [5, 5.41) is 5.47. The third-order valence-corrected chi connectivity index (χ3v) is 2.96. The van der Waals surface area contributed by atoms with E-state index in [-0.39, 0.29) is 29.7 Å². The maximum Gasteiger partial charge on any atom is 0.243 e. The lowest BCUT2D eigenvalue weighted by molar-refractivity contribution is -0.126. The molecule has 0 radical (unpaired) electrons. The molecular weight excluding hydrogens is 252 g/mol. The van der Waals surface area contributed by atoms with E-state index in [2.05, 4.69) is 31.4 Å². The van der Waals surface area contributed by atoms with Gasteiger partial charge >= 0.3 is 0 Å². The molecule has 110 valence electrons. The number of carbonyl (C=O) groups excluding carboxylic acids is 2. The predicted molar refractivity (Wildman–Crippen MR) is 81.6 cm³/mol. The van der Waals surface area contributed by atoms with Crippen molar-refractivity contribution < 1.29 is 9.59 Å². The van der Waals surface area contributed by atoms with Gasteiger partial charge < -0.3 is 10.6 Å². The van der Waals surface area contributed by atoms with Crippen LogP contribution in [0.2, 0.25) is 0 Å².